The normalized spacial score (nSPS) is 20.4. The number of amides is 1. The number of nitrogens with zero attached hydrogens (tertiary/aromatic N) is 1. The number of esters is 1. The maximum atomic E-state index is 12.3. The van der Waals surface area contributed by atoms with Gasteiger partial charge in [-0.1, -0.05) is 0 Å². The molecule has 1 unspecified atom stereocenters. The largest absolute Gasteiger partial charge is 0.465 e. The van der Waals surface area contributed by atoms with Crippen LogP contribution in [-0.4, -0.2) is 38.9 Å². The number of methoxy groups -OCH3 is 2. The van der Waals surface area contributed by atoms with Gasteiger partial charge in [-0.05, 0) is 26.0 Å². The predicted molar refractivity (Wildman–Crippen MR) is 75.6 cm³/mol. The number of Topliss-reactive ketones (excluding diaryl/α,β-unsaturated/α-hetero) is 1. The highest BCUT2D eigenvalue weighted by Gasteiger charge is 2.47. The number of carbonyl (C=O) groups is 3. The Morgan fingerprint density at radius 1 is 1.19 bits per heavy atom. The summed E-state index contributed by atoms with van der Waals surface area (Å²) in [7, 11) is 4.27. The van der Waals surface area contributed by atoms with Crippen LogP contribution in [0, 0.1) is 0 Å². The highest BCUT2D eigenvalue weighted by molar-refractivity contribution is 6.11. The molecule has 2 rings (SSSR count). The maximum Gasteiger partial charge on any atom is 0.338 e. The van der Waals surface area contributed by atoms with Gasteiger partial charge in [-0.3, -0.25) is 9.59 Å². The number of likely N-dealkylation sites (N-methyl/N-ethyl adjacent to an activating group) is 1. The van der Waals surface area contributed by atoms with Gasteiger partial charge in [0, 0.05) is 25.3 Å². The van der Waals surface area contributed by atoms with Gasteiger partial charge in [-0.25, -0.2) is 4.79 Å². The van der Waals surface area contributed by atoms with Gasteiger partial charge in [0.25, 0.3) is 5.91 Å². The van der Waals surface area contributed by atoms with Gasteiger partial charge in [0.2, 0.25) is 0 Å². The average molecular weight is 291 g/mol. The van der Waals surface area contributed by atoms with Crippen LogP contribution in [0.2, 0.25) is 0 Å². The molecule has 0 bridgehead atoms. The lowest BCUT2D eigenvalue weighted by molar-refractivity contribution is -0.137. The average Bonchev–Trinajstić information content (AvgIpc) is 2.67. The van der Waals surface area contributed by atoms with Gasteiger partial charge in [-0.2, -0.15) is 0 Å². The van der Waals surface area contributed by atoms with E-state index >= 15 is 0 Å². The van der Waals surface area contributed by atoms with Crippen molar-refractivity contribution in [3.8, 4) is 0 Å². The van der Waals surface area contributed by atoms with E-state index in [9.17, 15) is 14.4 Å². The van der Waals surface area contributed by atoms with Gasteiger partial charge in [-0.15, -0.1) is 0 Å². The molecule has 0 aliphatic carbocycles. The summed E-state index contributed by atoms with van der Waals surface area (Å²) in [6.45, 7) is 3.00. The van der Waals surface area contributed by atoms with Crippen LogP contribution in [0.5, 0.6) is 0 Å². The molecule has 1 aromatic carbocycles. The lowest BCUT2D eigenvalue weighted by atomic mass is 9.92. The van der Waals surface area contributed by atoms with Crippen molar-refractivity contribution in [3.63, 3.8) is 0 Å². The van der Waals surface area contributed by atoms with E-state index in [2.05, 4.69) is 0 Å². The summed E-state index contributed by atoms with van der Waals surface area (Å²) < 4.78 is 10.1. The second kappa shape index (κ2) is 4.96. The van der Waals surface area contributed by atoms with E-state index in [4.69, 9.17) is 9.47 Å². The highest BCUT2D eigenvalue weighted by Crippen LogP contribution is 2.43. The monoisotopic (exact) mass is 291 g/mol. The zero-order chi connectivity index (χ0) is 15.9. The molecule has 0 spiro atoms. The molecule has 1 atom stereocenters. The molecule has 1 aromatic rings. The summed E-state index contributed by atoms with van der Waals surface area (Å²) in [4.78, 5) is 37.4. The summed E-state index contributed by atoms with van der Waals surface area (Å²) >= 11 is 0. The SMILES string of the molecule is COC(=O)c1cc2c(cc1C(C)=O)C(C)(OC)C(=O)N2C. The van der Waals surface area contributed by atoms with E-state index < -0.39 is 11.6 Å². The van der Waals surface area contributed by atoms with Gasteiger partial charge in [0.1, 0.15) is 0 Å². The molecule has 0 N–H and O–H groups in total. The van der Waals surface area contributed by atoms with E-state index in [0.717, 1.165) is 0 Å². The Morgan fingerprint density at radius 2 is 1.81 bits per heavy atom. The third-order valence-electron chi connectivity index (χ3n) is 3.92. The number of anilines is 1. The van der Waals surface area contributed by atoms with Crippen molar-refractivity contribution in [1.82, 2.24) is 0 Å². The topological polar surface area (TPSA) is 72.9 Å². The molecule has 0 aromatic heterocycles. The molecular formula is C15H17NO5. The smallest absolute Gasteiger partial charge is 0.338 e. The van der Waals surface area contributed by atoms with E-state index in [1.54, 1.807) is 14.0 Å². The number of ketones is 1. The number of hydrogen-bond donors (Lipinski definition) is 0. The molecule has 6 heteroatoms. The van der Waals surface area contributed by atoms with Gasteiger partial charge in [0.05, 0.1) is 18.4 Å². The first-order valence-electron chi connectivity index (χ1n) is 6.39. The third-order valence-corrected chi connectivity index (χ3v) is 3.92. The number of fused-ring (bicyclic) bond motifs is 1. The van der Waals surface area contributed by atoms with E-state index in [0.29, 0.717) is 11.3 Å². The molecule has 1 amide bonds. The summed E-state index contributed by atoms with van der Waals surface area (Å²) in [6.07, 6.45) is 0. The molecule has 1 aliphatic rings. The third kappa shape index (κ3) is 2.03. The highest BCUT2D eigenvalue weighted by atomic mass is 16.5. The van der Waals surface area contributed by atoms with Crippen molar-refractivity contribution in [3.05, 3.63) is 28.8 Å². The zero-order valence-corrected chi connectivity index (χ0v) is 12.6. The summed E-state index contributed by atoms with van der Waals surface area (Å²) in [5.74, 6) is -1.15. The molecule has 1 heterocycles. The van der Waals surface area contributed by atoms with Crippen molar-refractivity contribution in [2.75, 3.05) is 26.2 Å². The van der Waals surface area contributed by atoms with Crippen LogP contribution in [0.3, 0.4) is 0 Å². The molecule has 0 radical (unpaired) electrons. The first kappa shape index (κ1) is 15.2. The Balaban J connectivity index is 2.77. The first-order chi connectivity index (χ1) is 9.77. The Bertz CT molecular complexity index is 652. The lowest BCUT2D eigenvalue weighted by Gasteiger charge is -2.21. The summed E-state index contributed by atoms with van der Waals surface area (Å²) in [5.41, 5.74) is 0.295. The lowest BCUT2D eigenvalue weighted by Crippen LogP contribution is -2.37. The number of hydrogen-bond acceptors (Lipinski definition) is 5. The Labute approximate surface area is 122 Å². The number of carbonyl (C=O) groups excluding carboxylic acids is 3. The second-order valence-corrected chi connectivity index (χ2v) is 5.06. The fraction of sp³-hybridized carbons (Fsp3) is 0.400. The predicted octanol–water partition coefficient (Wildman–Crippen LogP) is 1.51. The summed E-state index contributed by atoms with van der Waals surface area (Å²) in [5, 5.41) is 0. The van der Waals surface area contributed by atoms with Crippen molar-refractivity contribution in [2.24, 2.45) is 0 Å². The fourth-order valence-corrected chi connectivity index (χ4v) is 2.56. The van der Waals surface area contributed by atoms with Crippen LogP contribution in [-0.2, 0) is 19.9 Å². The quantitative estimate of drug-likeness (QED) is 0.623. The van der Waals surface area contributed by atoms with Crippen LogP contribution < -0.4 is 4.90 Å². The Morgan fingerprint density at radius 3 is 2.29 bits per heavy atom. The van der Waals surface area contributed by atoms with Crippen LogP contribution in [0.1, 0.15) is 40.1 Å². The molecule has 0 fully saturated rings. The van der Waals surface area contributed by atoms with Crippen molar-refractivity contribution < 1.29 is 23.9 Å². The van der Waals surface area contributed by atoms with Gasteiger partial charge in [0.15, 0.2) is 11.4 Å². The molecule has 6 nitrogen and oxygen atoms in total. The van der Waals surface area contributed by atoms with E-state index in [-0.39, 0.29) is 22.8 Å². The zero-order valence-electron chi connectivity index (χ0n) is 12.6. The maximum absolute atomic E-state index is 12.3. The summed E-state index contributed by atoms with van der Waals surface area (Å²) in [6, 6.07) is 3.04. The van der Waals surface area contributed by atoms with Crippen LogP contribution in [0.4, 0.5) is 5.69 Å². The van der Waals surface area contributed by atoms with Crippen LogP contribution in [0.15, 0.2) is 12.1 Å². The fourth-order valence-electron chi connectivity index (χ4n) is 2.56. The van der Waals surface area contributed by atoms with Crippen molar-refractivity contribution in [1.29, 1.82) is 0 Å². The van der Waals surface area contributed by atoms with Crippen LogP contribution >= 0.6 is 0 Å². The Kier molecular flexibility index (Phi) is 3.59. The molecule has 1 aliphatic heterocycles. The number of ether oxygens (including phenoxy) is 2. The minimum Gasteiger partial charge on any atom is -0.465 e. The van der Waals surface area contributed by atoms with E-state index in [1.807, 2.05) is 0 Å². The van der Waals surface area contributed by atoms with Gasteiger partial charge < -0.3 is 14.4 Å². The minimum absolute atomic E-state index is 0.142. The van der Waals surface area contributed by atoms with Crippen molar-refractivity contribution in [2.45, 2.75) is 19.4 Å². The molecule has 112 valence electrons. The second-order valence-electron chi connectivity index (χ2n) is 5.06. The Hall–Kier alpha value is -2.21. The van der Waals surface area contributed by atoms with E-state index in [1.165, 1.54) is 38.2 Å². The number of benzene rings is 1. The number of rotatable bonds is 3. The molecule has 21 heavy (non-hydrogen) atoms. The van der Waals surface area contributed by atoms with Crippen molar-refractivity contribution >= 4 is 23.3 Å². The standard InChI is InChI=1S/C15H17NO5/c1-8(17)9-6-11-12(7-10(9)13(18)20-4)16(3)14(19)15(11,2)21-5/h6-7H,1-5H3. The minimum atomic E-state index is -1.16. The van der Waals surface area contributed by atoms with Gasteiger partial charge >= 0.3 is 5.97 Å². The van der Waals surface area contributed by atoms with Crippen LogP contribution in [0.25, 0.3) is 0 Å². The first-order valence-corrected chi connectivity index (χ1v) is 6.39. The molecule has 0 saturated heterocycles. The molecular weight excluding hydrogens is 274 g/mol. The molecule has 0 saturated carbocycles.